The Morgan fingerprint density at radius 3 is 2.65 bits per heavy atom. The van der Waals surface area contributed by atoms with Crippen molar-refractivity contribution in [3.05, 3.63) is 59.2 Å². The summed E-state index contributed by atoms with van der Waals surface area (Å²) < 4.78 is 11.2. The molecule has 0 spiro atoms. The largest absolute Gasteiger partial charge is 0.497 e. The first-order chi connectivity index (χ1) is 15.1. The van der Waals surface area contributed by atoms with Gasteiger partial charge in [0.15, 0.2) is 5.78 Å². The Morgan fingerprint density at radius 2 is 1.90 bits per heavy atom. The van der Waals surface area contributed by atoms with Gasteiger partial charge in [-0.1, -0.05) is 30.3 Å². The average molecular weight is 421 g/mol. The third-order valence-corrected chi connectivity index (χ3v) is 7.07. The first-order valence-electron chi connectivity index (χ1n) is 11.0. The lowest BCUT2D eigenvalue weighted by Crippen LogP contribution is -2.66. The smallest absolute Gasteiger partial charge is 0.240 e. The number of amides is 1. The molecule has 3 atom stereocenters. The quantitative estimate of drug-likeness (QED) is 0.695. The number of fused-ring (bicyclic) bond motifs is 6. The number of carbonyl (C=O) groups excluding carboxylic acids is 2. The number of hydrogen-bond acceptors (Lipinski definition) is 5. The van der Waals surface area contributed by atoms with E-state index in [0.717, 1.165) is 42.7 Å². The fourth-order valence-electron chi connectivity index (χ4n) is 5.66. The minimum atomic E-state index is -0.214. The van der Waals surface area contributed by atoms with Gasteiger partial charge in [-0.3, -0.25) is 14.5 Å². The zero-order chi connectivity index (χ0) is 21.5. The van der Waals surface area contributed by atoms with Gasteiger partial charge in [-0.25, -0.2) is 0 Å². The van der Waals surface area contributed by atoms with Crippen molar-refractivity contribution in [1.82, 2.24) is 9.80 Å². The van der Waals surface area contributed by atoms with Crippen LogP contribution in [0.3, 0.4) is 0 Å². The molecular formula is C25H28N2O4. The Bertz CT molecular complexity index is 989. The van der Waals surface area contributed by atoms with Gasteiger partial charge in [0, 0.05) is 29.8 Å². The van der Waals surface area contributed by atoms with Crippen LogP contribution in [0.1, 0.15) is 46.8 Å². The molecule has 2 saturated heterocycles. The number of ether oxygens (including phenoxy) is 2. The van der Waals surface area contributed by atoms with Crippen LogP contribution < -0.4 is 9.47 Å². The second kappa shape index (κ2) is 8.00. The standard InChI is InChI=1S/C25H28N2O4/c1-30-18-13-17-11-12-26-24(23(17)22(14-18)31-2)19-9-6-10-20(25(26)29)27(19)15-21(28)16-7-4-3-5-8-16/h3-5,7-8,13-14,19-20,24H,6,9-12,15H2,1-2H3. The van der Waals surface area contributed by atoms with Crippen LogP contribution in [0.4, 0.5) is 0 Å². The summed E-state index contributed by atoms with van der Waals surface area (Å²) in [5.41, 5.74) is 2.94. The van der Waals surface area contributed by atoms with E-state index in [4.69, 9.17) is 9.47 Å². The number of nitrogens with zero attached hydrogens (tertiary/aromatic N) is 2. The van der Waals surface area contributed by atoms with E-state index in [1.165, 1.54) is 5.56 Å². The minimum absolute atomic E-state index is 0.0662. The highest BCUT2D eigenvalue weighted by molar-refractivity contribution is 5.98. The molecule has 0 saturated carbocycles. The van der Waals surface area contributed by atoms with Gasteiger partial charge < -0.3 is 14.4 Å². The maximum absolute atomic E-state index is 13.5. The van der Waals surface area contributed by atoms with Gasteiger partial charge in [0.25, 0.3) is 0 Å². The number of Topliss-reactive ketones (excluding diaryl/α,β-unsaturated/α-hetero) is 1. The van der Waals surface area contributed by atoms with Gasteiger partial charge in [-0.2, -0.15) is 0 Å². The van der Waals surface area contributed by atoms with Crippen LogP contribution in [0.25, 0.3) is 0 Å². The highest BCUT2D eigenvalue weighted by Gasteiger charge is 2.51. The number of hydrogen-bond donors (Lipinski definition) is 0. The Hall–Kier alpha value is -2.86. The predicted molar refractivity (Wildman–Crippen MR) is 117 cm³/mol. The summed E-state index contributed by atoms with van der Waals surface area (Å²) in [5.74, 6) is 1.74. The fourth-order valence-corrected chi connectivity index (χ4v) is 5.66. The molecule has 1 amide bonds. The SMILES string of the molecule is COc1cc2c(c(OC)c1)C1C3CCCC(C(=O)N1CC2)N3CC(=O)c1ccccc1. The summed E-state index contributed by atoms with van der Waals surface area (Å²) in [6, 6.07) is 13.1. The van der Waals surface area contributed by atoms with Gasteiger partial charge in [0.05, 0.1) is 32.8 Å². The summed E-state index contributed by atoms with van der Waals surface area (Å²) in [6.45, 7) is 0.962. The molecule has 2 aromatic rings. The zero-order valence-electron chi connectivity index (χ0n) is 18.0. The van der Waals surface area contributed by atoms with E-state index in [9.17, 15) is 9.59 Å². The minimum Gasteiger partial charge on any atom is -0.497 e. The van der Waals surface area contributed by atoms with Crippen LogP contribution in [-0.2, 0) is 11.2 Å². The van der Waals surface area contributed by atoms with Crippen LogP contribution in [0.15, 0.2) is 42.5 Å². The number of benzene rings is 2. The third kappa shape index (κ3) is 3.30. The highest BCUT2D eigenvalue weighted by atomic mass is 16.5. The van der Waals surface area contributed by atoms with E-state index in [1.807, 2.05) is 41.3 Å². The van der Waals surface area contributed by atoms with Crippen molar-refractivity contribution in [2.24, 2.45) is 0 Å². The van der Waals surface area contributed by atoms with Gasteiger partial charge in [-0.15, -0.1) is 0 Å². The molecule has 3 unspecified atom stereocenters. The fraction of sp³-hybridized carbons (Fsp3) is 0.440. The average Bonchev–Trinajstić information content (AvgIpc) is 2.81. The maximum atomic E-state index is 13.5. The van der Waals surface area contributed by atoms with E-state index in [2.05, 4.69) is 11.0 Å². The topological polar surface area (TPSA) is 59.1 Å². The van der Waals surface area contributed by atoms with Crippen molar-refractivity contribution in [3.8, 4) is 11.5 Å². The van der Waals surface area contributed by atoms with Gasteiger partial charge >= 0.3 is 0 Å². The Morgan fingerprint density at radius 1 is 1.10 bits per heavy atom. The molecular weight excluding hydrogens is 392 g/mol. The monoisotopic (exact) mass is 420 g/mol. The second-order valence-electron chi connectivity index (χ2n) is 8.60. The lowest BCUT2D eigenvalue weighted by atomic mass is 9.78. The number of piperidine rings is 1. The van der Waals surface area contributed by atoms with E-state index >= 15 is 0 Å². The Balaban J connectivity index is 1.55. The van der Waals surface area contributed by atoms with Crippen molar-refractivity contribution in [3.63, 3.8) is 0 Å². The van der Waals surface area contributed by atoms with E-state index in [0.29, 0.717) is 12.1 Å². The molecule has 0 aliphatic carbocycles. The third-order valence-electron chi connectivity index (χ3n) is 7.07. The molecule has 162 valence electrons. The first kappa shape index (κ1) is 20.1. The molecule has 3 aliphatic rings. The van der Waals surface area contributed by atoms with Crippen molar-refractivity contribution in [2.75, 3.05) is 27.3 Å². The molecule has 2 fully saturated rings. The molecule has 0 aromatic heterocycles. The zero-order valence-corrected chi connectivity index (χ0v) is 18.0. The summed E-state index contributed by atoms with van der Waals surface area (Å²) in [6.07, 6.45) is 3.55. The maximum Gasteiger partial charge on any atom is 0.240 e. The number of methoxy groups -OCH3 is 2. The molecule has 5 rings (SSSR count). The van der Waals surface area contributed by atoms with Crippen molar-refractivity contribution in [2.45, 2.75) is 43.8 Å². The molecule has 6 nitrogen and oxygen atoms in total. The summed E-state index contributed by atoms with van der Waals surface area (Å²) in [5, 5.41) is 0. The number of carbonyl (C=O) groups is 2. The molecule has 2 aromatic carbocycles. The number of ketones is 1. The van der Waals surface area contributed by atoms with E-state index in [1.54, 1.807) is 14.2 Å². The Labute approximate surface area is 182 Å². The van der Waals surface area contributed by atoms with Crippen molar-refractivity contribution in [1.29, 1.82) is 0 Å². The lowest BCUT2D eigenvalue weighted by molar-refractivity contribution is -0.155. The molecule has 2 bridgehead atoms. The van der Waals surface area contributed by atoms with Crippen LogP contribution in [-0.4, -0.2) is 60.9 Å². The predicted octanol–water partition coefficient (Wildman–Crippen LogP) is 3.25. The molecule has 3 aliphatic heterocycles. The van der Waals surface area contributed by atoms with Crippen molar-refractivity contribution < 1.29 is 19.1 Å². The van der Waals surface area contributed by atoms with Crippen LogP contribution in [0.5, 0.6) is 11.5 Å². The second-order valence-corrected chi connectivity index (χ2v) is 8.60. The number of rotatable bonds is 5. The van der Waals surface area contributed by atoms with Crippen LogP contribution >= 0.6 is 0 Å². The summed E-state index contributed by atoms with van der Waals surface area (Å²) in [7, 11) is 3.32. The molecule has 3 heterocycles. The lowest BCUT2D eigenvalue weighted by Gasteiger charge is -2.55. The molecule has 0 N–H and O–H groups in total. The summed E-state index contributed by atoms with van der Waals surface area (Å²) >= 11 is 0. The first-order valence-corrected chi connectivity index (χ1v) is 11.0. The van der Waals surface area contributed by atoms with Crippen LogP contribution in [0.2, 0.25) is 0 Å². The summed E-state index contributed by atoms with van der Waals surface area (Å²) in [4.78, 5) is 30.8. The molecule has 31 heavy (non-hydrogen) atoms. The molecule has 6 heteroatoms. The Kier molecular flexibility index (Phi) is 5.18. The van der Waals surface area contributed by atoms with Gasteiger partial charge in [0.2, 0.25) is 5.91 Å². The normalized spacial score (nSPS) is 24.9. The van der Waals surface area contributed by atoms with Gasteiger partial charge in [0.1, 0.15) is 11.5 Å². The van der Waals surface area contributed by atoms with E-state index in [-0.39, 0.29) is 36.4 Å². The van der Waals surface area contributed by atoms with Crippen LogP contribution in [0, 0.1) is 0 Å². The molecule has 0 radical (unpaired) electrons. The van der Waals surface area contributed by atoms with Crippen molar-refractivity contribution >= 4 is 11.7 Å². The number of piperazine rings is 1. The highest BCUT2D eigenvalue weighted by Crippen LogP contribution is 2.48. The van der Waals surface area contributed by atoms with Gasteiger partial charge in [-0.05, 0) is 37.3 Å². The van der Waals surface area contributed by atoms with E-state index < -0.39 is 0 Å².